The van der Waals surface area contributed by atoms with E-state index >= 15 is 0 Å². The van der Waals surface area contributed by atoms with Gasteiger partial charge in [0.1, 0.15) is 18.8 Å². The fourth-order valence-electron chi connectivity index (χ4n) is 4.65. The minimum atomic E-state index is -2.88. The zero-order valence-corrected chi connectivity index (χ0v) is 18.8. The smallest absolute Gasteiger partial charge is 0.407 e. The van der Waals surface area contributed by atoms with Crippen LogP contribution in [0.25, 0.3) is 11.1 Å². The van der Waals surface area contributed by atoms with Crippen molar-refractivity contribution >= 4 is 18.0 Å². The number of fused-ring (bicyclic) bond motifs is 3. The molecular formula is C25H26F2N2O6. The van der Waals surface area contributed by atoms with Gasteiger partial charge in [0.15, 0.2) is 0 Å². The number of alkyl halides is 2. The van der Waals surface area contributed by atoms with Crippen LogP contribution >= 0.6 is 0 Å². The van der Waals surface area contributed by atoms with E-state index in [1.54, 1.807) is 0 Å². The fourth-order valence-corrected chi connectivity index (χ4v) is 4.65. The van der Waals surface area contributed by atoms with Crippen LogP contribution in [0.5, 0.6) is 0 Å². The molecule has 3 atom stereocenters. The molecular weight excluding hydrogens is 462 g/mol. The van der Waals surface area contributed by atoms with E-state index in [-0.39, 0.29) is 25.7 Å². The molecule has 3 N–H and O–H groups in total. The van der Waals surface area contributed by atoms with Crippen LogP contribution in [0, 0.1) is 5.92 Å². The number of aliphatic carboxylic acids is 1. The Balaban J connectivity index is 1.30. The van der Waals surface area contributed by atoms with Gasteiger partial charge in [-0.25, -0.2) is 18.4 Å². The Bertz CT molecular complexity index is 1050. The number of carbonyl (C=O) groups excluding carboxylic acids is 2. The molecule has 0 saturated carbocycles. The molecule has 186 valence electrons. The van der Waals surface area contributed by atoms with Gasteiger partial charge in [-0.3, -0.25) is 4.79 Å². The van der Waals surface area contributed by atoms with Gasteiger partial charge in [-0.05, 0) is 28.7 Å². The van der Waals surface area contributed by atoms with Crippen molar-refractivity contribution in [2.45, 2.75) is 37.3 Å². The van der Waals surface area contributed by atoms with Gasteiger partial charge >= 0.3 is 12.1 Å². The number of carboxylic acids is 1. The maximum absolute atomic E-state index is 12.6. The summed E-state index contributed by atoms with van der Waals surface area (Å²) in [5.41, 5.74) is 4.39. The SMILES string of the molecule is O=C(NC[C@H]1CCO[C@H]1C(=O)NC(CC(F)F)C(=O)O)OCC1c2ccccc2-c2ccccc21. The fraction of sp³-hybridized carbons (Fsp3) is 0.400. The second-order valence-electron chi connectivity index (χ2n) is 8.57. The number of hydrogen-bond acceptors (Lipinski definition) is 5. The molecule has 1 saturated heterocycles. The zero-order chi connectivity index (χ0) is 24.9. The van der Waals surface area contributed by atoms with E-state index in [9.17, 15) is 23.2 Å². The van der Waals surface area contributed by atoms with E-state index < -0.39 is 48.9 Å². The van der Waals surface area contributed by atoms with E-state index in [0.717, 1.165) is 22.3 Å². The molecule has 1 aliphatic heterocycles. The number of halogens is 2. The summed E-state index contributed by atoms with van der Waals surface area (Å²) >= 11 is 0. The number of ether oxygens (including phenoxy) is 2. The number of benzene rings is 2. The van der Waals surface area contributed by atoms with Crippen LogP contribution in [0.15, 0.2) is 48.5 Å². The first-order chi connectivity index (χ1) is 16.8. The predicted octanol–water partition coefficient (Wildman–Crippen LogP) is 3.15. The first-order valence-corrected chi connectivity index (χ1v) is 11.4. The van der Waals surface area contributed by atoms with Crippen molar-refractivity contribution in [3.8, 4) is 11.1 Å². The third kappa shape index (κ3) is 5.59. The van der Waals surface area contributed by atoms with Crippen LogP contribution in [-0.4, -0.2) is 61.4 Å². The molecule has 0 aromatic heterocycles. The van der Waals surface area contributed by atoms with Gasteiger partial charge < -0.3 is 25.2 Å². The number of hydrogen-bond donors (Lipinski definition) is 3. The van der Waals surface area contributed by atoms with Gasteiger partial charge in [-0.1, -0.05) is 48.5 Å². The molecule has 2 amide bonds. The van der Waals surface area contributed by atoms with Crippen molar-refractivity contribution in [2.75, 3.05) is 19.8 Å². The maximum atomic E-state index is 12.6. The number of carbonyl (C=O) groups is 3. The van der Waals surface area contributed by atoms with E-state index in [0.29, 0.717) is 6.42 Å². The van der Waals surface area contributed by atoms with Gasteiger partial charge in [0.05, 0.1) is 0 Å². The van der Waals surface area contributed by atoms with Gasteiger partial charge in [-0.2, -0.15) is 0 Å². The van der Waals surface area contributed by atoms with Crippen LogP contribution in [0.1, 0.15) is 29.9 Å². The lowest BCUT2D eigenvalue weighted by Crippen LogP contribution is -2.49. The predicted molar refractivity (Wildman–Crippen MR) is 121 cm³/mol. The highest BCUT2D eigenvalue weighted by Crippen LogP contribution is 2.44. The molecule has 0 bridgehead atoms. The lowest BCUT2D eigenvalue weighted by atomic mass is 9.98. The first kappa shape index (κ1) is 24.6. The molecule has 10 heteroatoms. The summed E-state index contributed by atoms with van der Waals surface area (Å²) in [7, 11) is 0. The standard InChI is InChI=1S/C25H26F2N2O6/c26-21(27)11-20(24(31)32)29-23(30)22-14(9-10-34-22)12-28-25(33)35-13-19-17-7-3-1-5-15(17)16-6-2-4-8-18(16)19/h1-8,14,19-22H,9-13H2,(H,28,33)(H,29,30)(H,31,32)/t14-,20?,22-/m1/s1. The maximum Gasteiger partial charge on any atom is 0.407 e. The van der Waals surface area contributed by atoms with Crippen LogP contribution in [0.4, 0.5) is 13.6 Å². The molecule has 2 aromatic carbocycles. The topological polar surface area (TPSA) is 114 Å². The van der Waals surface area contributed by atoms with Crippen LogP contribution in [0.3, 0.4) is 0 Å². The molecule has 0 spiro atoms. The molecule has 35 heavy (non-hydrogen) atoms. The van der Waals surface area contributed by atoms with Crippen LogP contribution in [0.2, 0.25) is 0 Å². The molecule has 8 nitrogen and oxygen atoms in total. The van der Waals surface area contributed by atoms with Crippen molar-refractivity contribution < 1.29 is 37.7 Å². The highest BCUT2D eigenvalue weighted by molar-refractivity contribution is 5.86. The Morgan fingerprint density at radius 2 is 1.69 bits per heavy atom. The third-order valence-electron chi connectivity index (χ3n) is 6.35. The number of alkyl carbamates (subject to hydrolysis) is 1. The van der Waals surface area contributed by atoms with Crippen molar-refractivity contribution in [1.82, 2.24) is 10.6 Å². The molecule has 1 heterocycles. The second kappa shape index (κ2) is 10.8. The summed E-state index contributed by atoms with van der Waals surface area (Å²) in [5.74, 6) is -2.89. The summed E-state index contributed by atoms with van der Waals surface area (Å²) in [6, 6.07) is 14.2. The monoisotopic (exact) mass is 488 g/mol. The highest BCUT2D eigenvalue weighted by Gasteiger charge is 2.37. The number of carboxylic acid groups (broad SMARTS) is 1. The summed E-state index contributed by atoms with van der Waals surface area (Å²) in [6.45, 7) is 0.419. The number of amides is 2. The minimum Gasteiger partial charge on any atom is -0.480 e. The van der Waals surface area contributed by atoms with Gasteiger partial charge in [0, 0.05) is 31.4 Å². The van der Waals surface area contributed by atoms with Crippen LogP contribution in [-0.2, 0) is 19.1 Å². The summed E-state index contributed by atoms with van der Waals surface area (Å²) < 4.78 is 36.1. The molecule has 0 radical (unpaired) electrons. The molecule has 4 rings (SSSR count). The quantitative estimate of drug-likeness (QED) is 0.500. The van der Waals surface area contributed by atoms with Crippen molar-refractivity contribution in [2.24, 2.45) is 5.92 Å². The lowest BCUT2D eigenvalue weighted by molar-refractivity contribution is -0.145. The van der Waals surface area contributed by atoms with E-state index in [4.69, 9.17) is 14.6 Å². The van der Waals surface area contributed by atoms with E-state index in [1.807, 2.05) is 48.5 Å². The van der Waals surface area contributed by atoms with Crippen molar-refractivity contribution in [3.05, 3.63) is 59.7 Å². The molecule has 2 aliphatic rings. The first-order valence-electron chi connectivity index (χ1n) is 11.4. The molecule has 1 unspecified atom stereocenters. The molecule has 1 fully saturated rings. The normalized spacial score (nSPS) is 19.6. The summed E-state index contributed by atoms with van der Waals surface area (Å²) in [6.07, 6.45) is -5.15. The van der Waals surface area contributed by atoms with Crippen LogP contribution < -0.4 is 10.6 Å². The van der Waals surface area contributed by atoms with Gasteiger partial charge in [0.2, 0.25) is 12.3 Å². The Labute approximate surface area is 200 Å². The van der Waals surface area contributed by atoms with Gasteiger partial charge in [0.25, 0.3) is 0 Å². The molecule has 1 aliphatic carbocycles. The zero-order valence-electron chi connectivity index (χ0n) is 18.8. The van der Waals surface area contributed by atoms with Crippen molar-refractivity contribution in [3.63, 3.8) is 0 Å². The van der Waals surface area contributed by atoms with E-state index in [1.165, 1.54) is 0 Å². The third-order valence-corrected chi connectivity index (χ3v) is 6.35. The Morgan fingerprint density at radius 3 is 2.29 bits per heavy atom. The second-order valence-corrected chi connectivity index (χ2v) is 8.57. The van der Waals surface area contributed by atoms with Gasteiger partial charge in [-0.15, -0.1) is 0 Å². The largest absolute Gasteiger partial charge is 0.480 e. The van der Waals surface area contributed by atoms with E-state index in [2.05, 4.69) is 10.6 Å². The molecule has 2 aromatic rings. The Hall–Kier alpha value is -3.53. The average Bonchev–Trinajstić information content (AvgIpc) is 3.43. The Kier molecular flexibility index (Phi) is 7.60. The van der Waals surface area contributed by atoms with Crippen molar-refractivity contribution in [1.29, 1.82) is 0 Å². The summed E-state index contributed by atoms with van der Waals surface area (Å²) in [4.78, 5) is 36.0. The Morgan fingerprint density at radius 1 is 1.06 bits per heavy atom. The lowest BCUT2D eigenvalue weighted by Gasteiger charge is -2.21. The number of rotatable bonds is 9. The minimum absolute atomic E-state index is 0.0569. The average molecular weight is 488 g/mol. The number of nitrogens with one attached hydrogen (secondary N) is 2. The highest BCUT2D eigenvalue weighted by atomic mass is 19.3. The summed E-state index contributed by atoms with van der Waals surface area (Å²) in [5, 5.41) is 13.8.